The number of fused-ring (bicyclic) bond motifs is 3. The van der Waals surface area contributed by atoms with Gasteiger partial charge >= 0.3 is 6.09 Å². The predicted octanol–water partition coefficient (Wildman–Crippen LogP) is 4.28. The summed E-state index contributed by atoms with van der Waals surface area (Å²) in [5, 5.41) is 23.7. The van der Waals surface area contributed by atoms with E-state index in [2.05, 4.69) is 17.4 Å². The number of benzene rings is 3. The summed E-state index contributed by atoms with van der Waals surface area (Å²) in [7, 11) is 1.43. The first kappa shape index (κ1) is 22.1. The van der Waals surface area contributed by atoms with Crippen molar-refractivity contribution in [1.29, 1.82) is 0 Å². The third-order valence-corrected chi connectivity index (χ3v) is 5.98. The van der Waals surface area contributed by atoms with Gasteiger partial charge in [-0.2, -0.15) is 0 Å². The third kappa shape index (κ3) is 4.30. The lowest BCUT2D eigenvalue weighted by molar-refractivity contribution is 0.0172. The van der Waals surface area contributed by atoms with Crippen LogP contribution >= 0.6 is 11.6 Å². The summed E-state index contributed by atoms with van der Waals surface area (Å²) in [5.74, 6) is 0.223. The molecule has 3 aromatic carbocycles. The molecule has 0 aromatic heterocycles. The van der Waals surface area contributed by atoms with Crippen molar-refractivity contribution in [3.05, 3.63) is 88.4 Å². The van der Waals surface area contributed by atoms with Gasteiger partial charge in [0, 0.05) is 18.0 Å². The van der Waals surface area contributed by atoms with Crippen molar-refractivity contribution in [2.45, 2.75) is 18.1 Å². The number of rotatable bonds is 7. The van der Waals surface area contributed by atoms with Gasteiger partial charge in [-0.1, -0.05) is 72.3 Å². The summed E-state index contributed by atoms with van der Waals surface area (Å²) in [6, 6.07) is 21.0. The van der Waals surface area contributed by atoms with E-state index in [1.807, 2.05) is 36.4 Å². The molecule has 0 aliphatic heterocycles. The van der Waals surface area contributed by atoms with Gasteiger partial charge in [0.15, 0.2) is 0 Å². The van der Waals surface area contributed by atoms with Crippen LogP contribution in [0.3, 0.4) is 0 Å². The van der Waals surface area contributed by atoms with E-state index in [0.717, 1.165) is 22.3 Å². The maximum Gasteiger partial charge on any atom is 0.407 e. The molecule has 6 nitrogen and oxygen atoms in total. The topological polar surface area (TPSA) is 88.0 Å². The highest BCUT2D eigenvalue weighted by Crippen LogP contribution is 2.44. The molecule has 0 radical (unpaired) electrons. The molecule has 0 saturated carbocycles. The van der Waals surface area contributed by atoms with Gasteiger partial charge in [0.1, 0.15) is 24.6 Å². The first-order valence-corrected chi connectivity index (χ1v) is 10.7. The van der Waals surface area contributed by atoms with E-state index >= 15 is 0 Å². The second-order valence-electron chi connectivity index (χ2n) is 7.58. The van der Waals surface area contributed by atoms with Crippen LogP contribution < -0.4 is 10.1 Å². The maximum absolute atomic E-state index is 12.3. The van der Waals surface area contributed by atoms with Crippen LogP contribution in [-0.4, -0.2) is 42.7 Å². The standard InChI is InChI=1S/C25H24ClNO5/c1-31-24-19(11-6-12-21(24)26)23(29)22(28)13-27-25(30)32-14-20-17-9-4-2-7-15(17)16-8-3-5-10-18(16)20/h2-12,20,22-23,28-29H,13-14H2,1H3,(H,27,30). The molecule has 1 amide bonds. The summed E-state index contributed by atoms with van der Waals surface area (Å²) < 4.78 is 10.7. The largest absolute Gasteiger partial charge is 0.495 e. The Balaban J connectivity index is 1.36. The Morgan fingerprint density at radius 1 is 1.00 bits per heavy atom. The molecule has 0 heterocycles. The van der Waals surface area contributed by atoms with Gasteiger partial charge in [-0.3, -0.25) is 0 Å². The molecule has 1 aliphatic rings. The summed E-state index contributed by atoms with van der Waals surface area (Å²) in [6.45, 7) is -0.0336. The highest BCUT2D eigenvalue weighted by molar-refractivity contribution is 6.32. The van der Waals surface area contributed by atoms with Gasteiger partial charge in [-0.05, 0) is 28.3 Å². The van der Waals surface area contributed by atoms with Crippen molar-refractivity contribution < 1.29 is 24.5 Å². The summed E-state index contributed by atoms with van der Waals surface area (Å²) in [4.78, 5) is 12.3. The van der Waals surface area contributed by atoms with Crippen LogP contribution in [0, 0.1) is 0 Å². The Kier molecular flexibility index (Phi) is 6.65. The Labute approximate surface area is 191 Å². The molecule has 0 spiro atoms. The van der Waals surface area contributed by atoms with Crippen molar-refractivity contribution >= 4 is 17.7 Å². The summed E-state index contributed by atoms with van der Waals surface area (Å²) >= 11 is 6.07. The molecule has 0 fully saturated rings. The van der Waals surface area contributed by atoms with Crippen molar-refractivity contribution in [3.8, 4) is 16.9 Å². The lowest BCUT2D eigenvalue weighted by Crippen LogP contribution is -2.36. The van der Waals surface area contributed by atoms with Gasteiger partial charge in [0.05, 0.1) is 12.1 Å². The first-order chi connectivity index (χ1) is 15.5. The van der Waals surface area contributed by atoms with Crippen LogP contribution in [0.15, 0.2) is 66.7 Å². The quantitative estimate of drug-likeness (QED) is 0.497. The van der Waals surface area contributed by atoms with Gasteiger partial charge in [0.2, 0.25) is 0 Å². The molecule has 4 rings (SSSR count). The van der Waals surface area contributed by atoms with Gasteiger partial charge in [0.25, 0.3) is 0 Å². The number of hydrogen-bond donors (Lipinski definition) is 3. The lowest BCUT2D eigenvalue weighted by atomic mass is 9.98. The molecule has 166 valence electrons. The SMILES string of the molecule is COc1c(Cl)cccc1C(O)C(O)CNC(=O)OCC1c2ccccc2-c2ccccc21. The van der Waals surface area contributed by atoms with E-state index in [4.69, 9.17) is 21.1 Å². The number of nitrogens with one attached hydrogen (secondary N) is 1. The van der Waals surface area contributed by atoms with Crippen molar-refractivity contribution in [2.75, 3.05) is 20.3 Å². The monoisotopic (exact) mass is 453 g/mol. The number of halogens is 1. The summed E-state index contributed by atoms with van der Waals surface area (Å²) in [6.07, 6.45) is -3.24. The minimum atomic E-state index is -1.29. The average molecular weight is 454 g/mol. The highest BCUT2D eigenvalue weighted by atomic mass is 35.5. The van der Waals surface area contributed by atoms with E-state index < -0.39 is 18.3 Å². The number of hydrogen-bond acceptors (Lipinski definition) is 5. The Morgan fingerprint density at radius 3 is 2.25 bits per heavy atom. The minimum absolute atomic E-state index is 0.0561. The van der Waals surface area contributed by atoms with Gasteiger partial charge in [-0.25, -0.2) is 4.79 Å². The molecule has 2 atom stereocenters. The Morgan fingerprint density at radius 2 is 1.62 bits per heavy atom. The molecule has 3 aromatic rings. The zero-order valence-corrected chi connectivity index (χ0v) is 18.3. The molecule has 7 heteroatoms. The van der Waals surface area contributed by atoms with E-state index in [0.29, 0.717) is 10.6 Å². The third-order valence-electron chi connectivity index (χ3n) is 5.68. The number of carbonyl (C=O) groups excluding carboxylic acids is 1. The van der Waals surface area contributed by atoms with Crippen molar-refractivity contribution in [1.82, 2.24) is 5.32 Å². The lowest BCUT2D eigenvalue weighted by Gasteiger charge is -2.21. The zero-order chi connectivity index (χ0) is 22.7. The fourth-order valence-electron chi connectivity index (χ4n) is 4.13. The fraction of sp³-hybridized carbons (Fsp3) is 0.240. The molecule has 2 unspecified atom stereocenters. The van der Waals surface area contributed by atoms with Crippen molar-refractivity contribution in [3.63, 3.8) is 0 Å². The molecule has 3 N–H and O–H groups in total. The number of para-hydroxylation sites is 1. The van der Waals surface area contributed by atoms with Gasteiger partial charge in [-0.15, -0.1) is 0 Å². The maximum atomic E-state index is 12.3. The number of methoxy groups -OCH3 is 1. The fourth-order valence-corrected chi connectivity index (χ4v) is 4.39. The number of carbonyl (C=O) groups is 1. The van der Waals surface area contributed by atoms with Crippen LogP contribution in [-0.2, 0) is 4.74 Å². The van der Waals surface area contributed by atoms with Gasteiger partial charge < -0.3 is 25.0 Å². The molecule has 0 saturated heterocycles. The highest BCUT2D eigenvalue weighted by Gasteiger charge is 2.29. The summed E-state index contributed by atoms with van der Waals surface area (Å²) in [5.41, 5.74) is 4.86. The van der Waals surface area contributed by atoms with Crippen LogP contribution in [0.2, 0.25) is 5.02 Å². The number of aliphatic hydroxyl groups is 2. The van der Waals surface area contributed by atoms with Crippen LogP contribution in [0.4, 0.5) is 4.79 Å². The second kappa shape index (κ2) is 9.61. The van der Waals surface area contributed by atoms with Crippen LogP contribution in [0.5, 0.6) is 5.75 Å². The van der Waals surface area contributed by atoms with Crippen molar-refractivity contribution in [2.24, 2.45) is 0 Å². The minimum Gasteiger partial charge on any atom is -0.495 e. The van der Waals surface area contributed by atoms with Crippen LogP contribution in [0.25, 0.3) is 11.1 Å². The molecule has 1 aliphatic carbocycles. The Bertz CT molecular complexity index is 1070. The number of amides is 1. The second-order valence-corrected chi connectivity index (χ2v) is 7.99. The molecular formula is C25H24ClNO5. The molecular weight excluding hydrogens is 430 g/mol. The number of alkyl carbamates (subject to hydrolysis) is 1. The average Bonchev–Trinajstić information content (AvgIpc) is 3.14. The van der Waals surface area contributed by atoms with Crippen LogP contribution in [0.1, 0.15) is 28.7 Å². The smallest absolute Gasteiger partial charge is 0.407 e. The molecule has 32 heavy (non-hydrogen) atoms. The molecule has 0 bridgehead atoms. The van der Waals surface area contributed by atoms with E-state index in [9.17, 15) is 15.0 Å². The number of ether oxygens (including phenoxy) is 2. The van der Waals surface area contributed by atoms with E-state index in [-0.39, 0.29) is 24.8 Å². The Hall–Kier alpha value is -3.06. The normalized spacial score (nSPS) is 14.2. The first-order valence-electron chi connectivity index (χ1n) is 10.3. The zero-order valence-electron chi connectivity index (χ0n) is 17.5. The predicted molar refractivity (Wildman–Crippen MR) is 122 cm³/mol. The van der Waals surface area contributed by atoms with E-state index in [1.54, 1.807) is 18.2 Å². The van der Waals surface area contributed by atoms with E-state index in [1.165, 1.54) is 7.11 Å². The number of aliphatic hydroxyl groups excluding tert-OH is 2.